The number of rotatable bonds is 6. The SMILES string of the molecule is CC(=O)SC[C@@H](Cc1ccccc1C)C(=O)N[C@H]1CCCNC(=O)C1. The average molecular weight is 362 g/mol. The summed E-state index contributed by atoms with van der Waals surface area (Å²) < 4.78 is 0. The first-order valence-corrected chi connectivity index (χ1v) is 9.69. The van der Waals surface area contributed by atoms with Crippen LogP contribution in [0.4, 0.5) is 0 Å². The molecule has 0 bridgehead atoms. The molecule has 1 saturated heterocycles. The van der Waals surface area contributed by atoms with E-state index in [1.54, 1.807) is 0 Å². The molecule has 0 spiro atoms. The second-order valence-corrected chi connectivity index (χ2v) is 7.73. The zero-order valence-corrected chi connectivity index (χ0v) is 15.7. The lowest BCUT2D eigenvalue weighted by Gasteiger charge is -2.21. The summed E-state index contributed by atoms with van der Waals surface area (Å²) in [7, 11) is 0. The molecule has 2 atom stereocenters. The van der Waals surface area contributed by atoms with Crippen molar-refractivity contribution in [2.24, 2.45) is 5.92 Å². The van der Waals surface area contributed by atoms with Gasteiger partial charge in [0.25, 0.3) is 0 Å². The number of carbonyl (C=O) groups excluding carboxylic acids is 3. The van der Waals surface area contributed by atoms with Gasteiger partial charge in [-0.1, -0.05) is 36.0 Å². The maximum absolute atomic E-state index is 12.8. The summed E-state index contributed by atoms with van der Waals surface area (Å²) >= 11 is 1.18. The van der Waals surface area contributed by atoms with Crippen molar-refractivity contribution in [1.82, 2.24) is 10.6 Å². The van der Waals surface area contributed by atoms with Crippen LogP contribution >= 0.6 is 11.8 Å². The molecule has 0 aromatic heterocycles. The van der Waals surface area contributed by atoms with Crippen molar-refractivity contribution in [3.63, 3.8) is 0 Å². The maximum atomic E-state index is 12.8. The van der Waals surface area contributed by atoms with Crippen molar-refractivity contribution in [2.75, 3.05) is 12.3 Å². The number of nitrogens with one attached hydrogen (secondary N) is 2. The predicted molar refractivity (Wildman–Crippen MR) is 100 cm³/mol. The van der Waals surface area contributed by atoms with Crippen molar-refractivity contribution in [3.05, 3.63) is 35.4 Å². The van der Waals surface area contributed by atoms with Crippen LogP contribution in [0.2, 0.25) is 0 Å². The number of benzene rings is 1. The first-order chi connectivity index (χ1) is 12.0. The molecule has 1 aliphatic rings. The van der Waals surface area contributed by atoms with Crippen LogP contribution in [0, 0.1) is 12.8 Å². The van der Waals surface area contributed by atoms with Crippen LogP contribution in [0.1, 0.15) is 37.3 Å². The lowest BCUT2D eigenvalue weighted by molar-refractivity contribution is -0.125. The number of hydrogen-bond acceptors (Lipinski definition) is 4. The molecule has 136 valence electrons. The Kier molecular flexibility index (Phi) is 7.50. The normalized spacial score (nSPS) is 18.8. The lowest BCUT2D eigenvalue weighted by atomic mass is 9.96. The molecule has 25 heavy (non-hydrogen) atoms. The molecule has 1 aromatic rings. The van der Waals surface area contributed by atoms with E-state index < -0.39 is 0 Å². The molecule has 1 aliphatic heterocycles. The van der Waals surface area contributed by atoms with E-state index in [2.05, 4.69) is 10.6 Å². The van der Waals surface area contributed by atoms with E-state index in [0.717, 1.165) is 24.0 Å². The fourth-order valence-electron chi connectivity index (χ4n) is 2.97. The van der Waals surface area contributed by atoms with Gasteiger partial charge in [-0.3, -0.25) is 14.4 Å². The zero-order chi connectivity index (χ0) is 18.2. The summed E-state index contributed by atoms with van der Waals surface area (Å²) in [6.45, 7) is 4.21. The average Bonchev–Trinajstić information content (AvgIpc) is 2.76. The smallest absolute Gasteiger partial charge is 0.224 e. The van der Waals surface area contributed by atoms with Crippen LogP contribution in [-0.2, 0) is 20.8 Å². The molecule has 0 unspecified atom stereocenters. The quantitative estimate of drug-likeness (QED) is 0.814. The Hall–Kier alpha value is -1.82. The largest absolute Gasteiger partial charge is 0.356 e. The highest BCUT2D eigenvalue weighted by molar-refractivity contribution is 8.13. The molecular weight excluding hydrogens is 336 g/mol. The summed E-state index contributed by atoms with van der Waals surface area (Å²) in [5.41, 5.74) is 2.26. The third kappa shape index (κ3) is 6.53. The summed E-state index contributed by atoms with van der Waals surface area (Å²) in [4.78, 5) is 35.8. The van der Waals surface area contributed by atoms with Crippen molar-refractivity contribution in [1.29, 1.82) is 0 Å². The van der Waals surface area contributed by atoms with Crippen LogP contribution in [0.5, 0.6) is 0 Å². The Morgan fingerprint density at radius 2 is 2.12 bits per heavy atom. The van der Waals surface area contributed by atoms with E-state index in [1.807, 2.05) is 31.2 Å². The molecule has 2 amide bonds. The molecule has 5 nitrogen and oxygen atoms in total. The highest BCUT2D eigenvalue weighted by atomic mass is 32.2. The Bertz CT molecular complexity index is 633. The minimum absolute atomic E-state index is 0.0106. The van der Waals surface area contributed by atoms with Gasteiger partial charge in [0.2, 0.25) is 11.8 Å². The number of thioether (sulfide) groups is 1. The van der Waals surface area contributed by atoms with Crippen LogP contribution < -0.4 is 10.6 Å². The number of amides is 2. The number of carbonyl (C=O) groups is 3. The van der Waals surface area contributed by atoms with Gasteiger partial charge in [0.05, 0.1) is 5.92 Å². The van der Waals surface area contributed by atoms with Gasteiger partial charge in [-0.25, -0.2) is 0 Å². The minimum Gasteiger partial charge on any atom is -0.356 e. The van der Waals surface area contributed by atoms with Crippen LogP contribution in [0.3, 0.4) is 0 Å². The van der Waals surface area contributed by atoms with Crippen molar-refractivity contribution < 1.29 is 14.4 Å². The standard InChI is InChI=1S/C19H26N2O3S/c1-13-6-3-4-7-15(13)10-16(12-25-14(2)22)19(24)21-17-8-5-9-20-18(23)11-17/h3-4,6-7,16-17H,5,8-12H2,1-2H3,(H,20,23)(H,21,24)/t16-,17+/m1/s1. The molecule has 2 rings (SSSR count). The second kappa shape index (κ2) is 9.61. The van der Waals surface area contributed by atoms with Crippen molar-refractivity contribution in [2.45, 2.75) is 45.6 Å². The zero-order valence-electron chi connectivity index (χ0n) is 14.8. The van der Waals surface area contributed by atoms with Gasteiger partial charge in [0, 0.05) is 31.7 Å². The van der Waals surface area contributed by atoms with E-state index in [4.69, 9.17) is 0 Å². The van der Waals surface area contributed by atoms with Gasteiger partial charge >= 0.3 is 0 Å². The van der Waals surface area contributed by atoms with E-state index in [0.29, 0.717) is 25.1 Å². The Morgan fingerprint density at radius 3 is 2.84 bits per heavy atom. The molecule has 1 heterocycles. The fraction of sp³-hybridized carbons (Fsp3) is 0.526. The third-order valence-electron chi connectivity index (χ3n) is 4.42. The van der Waals surface area contributed by atoms with Gasteiger partial charge in [0.1, 0.15) is 0 Å². The van der Waals surface area contributed by atoms with Crippen LogP contribution in [0.25, 0.3) is 0 Å². The monoisotopic (exact) mass is 362 g/mol. The molecule has 0 radical (unpaired) electrons. The first kappa shape index (κ1) is 19.5. The van der Waals surface area contributed by atoms with E-state index in [1.165, 1.54) is 18.7 Å². The van der Waals surface area contributed by atoms with Crippen molar-refractivity contribution in [3.8, 4) is 0 Å². The predicted octanol–water partition coefficient (Wildman–Crippen LogP) is 2.22. The molecule has 6 heteroatoms. The van der Waals surface area contributed by atoms with Gasteiger partial charge < -0.3 is 10.6 Å². The van der Waals surface area contributed by atoms with E-state index in [9.17, 15) is 14.4 Å². The Labute approximate surface area is 153 Å². The van der Waals surface area contributed by atoms with Gasteiger partial charge in [-0.15, -0.1) is 0 Å². The topological polar surface area (TPSA) is 75.3 Å². The Morgan fingerprint density at radius 1 is 1.36 bits per heavy atom. The molecule has 1 fully saturated rings. The van der Waals surface area contributed by atoms with Crippen LogP contribution in [0.15, 0.2) is 24.3 Å². The van der Waals surface area contributed by atoms with Crippen molar-refractivity contribution >= 4 is 28.7 Å². The molecule has 1 aromatic carbocycles. The maximum Gasteiger partial charge on any atom is 0.224 e. The Balaban J connectivity index is 2.05. The van der Waals surface area contributed by atoms with Gasteiger partial charge in [0.15, 0.2) is 5.12 Å². The summed E-state index contributed by atoms with van der Waals surface area (Å²) in [5, 5.41) is 5.86. The summed E-state index contributed by atoms with van der Waals surface area (Å²) in [6, 6.07) is 7.86. The van der Waals surface area contributed by atoms with E-state index >= 15 is 0 Å². The first-order valence-electron chi connectivity index (χ1n) is 8.70. The summed E-state index contributed by atoms with van der Waals surface area (Å²) in [5.74, 6) is 0.0726. The molecular formula is C19H26N2O3S. The molecule has 0 aliphatic carbocycles. The van der Waals surface area contributed by atoms with Gasteiger partial charge in [-0.2, -0.15) is 0 Å². The summed E-state index contributed by atoms with van der Waals surface area (Å²) in [6.07, 6.45) is 2.57. The lowest BCUT2D eigenvalue weighted by Crippen LogP contribution is -2.41. The van der Waals surface area contributed by atoms with Gasteiger partial charge in [-0.05, 0) is 37.3 Å². The molecule has 2 N–H and O–H groups in total. The molecule has 0 saturated carbocycles. The highest BCUT2D eigenvalue weighted by Crippen LogP contribution is 2.19. The second-order valence-electron chi connectivity index (χ2n) is 6.53. The van der Waals surface area contributed by atoms with E-state index in [-0.39, 0.29) is 28.9 Å². The number of aryl methyl sites for hydroxylation is 1. The third-order valence-corrected chi connectivity index (χ3v) is 5.39. The minimum atomic E-state index is -0.290. The number of hydrogen-bond donors (Lipinski definition) is 2. The van der Waals surface area contributed by atoms with Crippen LogP contribution in [-0.4, -0.2) is 35.3 Å². The highest BCUT2D eigenvalue weighted by Gasteiger charge is 2.25. The fourth-order valence-corrected chi connectivity index (χ4v) is 3.67.